The molecule has 0 radical (unpaired) electrons. The highest BCUT2D eigenvalue weighted by Crippen LogP contribution is 2.46. The molecule has 2 aromatic heterocycles. The van der Waals surface area contributed by atoms with Crippen LogP contribution in [0.5, 0.6) is 0 Å². The van der Waals surface area contributed by atoms with E-state index in [2.05, 4.69) is 9.97 Å². The summed E-state index contributed by atoms with van der Waals surface area (Å²) >= 11 is 0. The molecule has 6 nitrogen and oxygen atoms in total. The molecule has 1 amide bonds. The number of fused-ring (bicyclic) bond motifs is 4. The number of carbonyl (C=O) groups excluding carboxylic acids is 1. The van der Waals surface area contributed by atoms with Crippen LogP contribution in [0.1, 0.15) is 38.3 Å². The van der Waals surface area contributed by atoms with E-state index in [4.69, 9.17) is 9.47 Å². The molecule has 2 aliphatic heterocycles. The van der Waals surface area contributed by atoms with Gasteiger partial charge in [0.1, 0.15) is 16.8 Å². The number of amides is 1. The van der Waals surface area contributed by atoms with E-state index in [0.717, 1.165) is 23.0 Å². The molecule has 1 unspecified atom stereocenters. The van der Waals surface area contributed by atoms with Crippen molar-refractivity contribution in [2.45, 2.75) is 45.0 Å². The summed E-state index contributed by atoms with van der Waals surface area (Å²) in [7, 11) is 0. The van der Waals surface area contributed by atoms with Gasteiger partial charge in [-0.25, -0.2) is 9.78 Å². The van der Waals surface area contributed by atoms with Crippen LogP contribution in [-0.2, 0) is 21.7 Å². The Morgan fingerprint density at radius 2 is 2.30 bits per heavy atom. The average molecular weight is 315 g/mol. The average Bonchev–Trinajstić information content (AvgIpc) is 3.17. The molecule has 23 heavy (non-hydrogen) atoms. The molecule has 1 atom stereocenters. The first-order chi connectivity index (χ1) is 10.9. The zero-order valence-electron chi connectivity index (χ0n) is 13.7. The summed E-state index contributed by atoms with van der Waals surface area (Å²) in [6.45, 7) is 7.36. The summed E-state index contributed by atoms with van der Waals surface area (Å²) in [6, 6.07) is 2.04. The number of H-pyrrole nitrogens is 1. The van der Waals surface area contributed by atoms with Crippen molar-refractivity contribution in [2.24, 2.45) is 0 Å². The van der Waals surface area contributed by atoms with Crippen molar-refractivity contribution >= 4 is 17.1 Å². The van der Waals surface area contributed by atoms with E-state index in [1.54, 1.807) is 4.90 Å². The summed E-state index contributed by atoms with van der Waals surface area (Å²) in [5.74, 6) is 0. The van der Waals surface area contributed by atoms with Crippen molar-refractivity contribution in [3.63, 3.8) is 0 Å². The van der Waals surface area contributed by atoms with E-state index in [9.17, 15) is 4.79 Å². The van der Waals surface area contributed by atoms with E-state index < -0.39 is 11.2 Å². The Morgan fingerprint density at radius 3 is 3.09 bits per heavy atom. The first kappa shape index (κ1) is 14.5. The third kappa shape index (κ3) is 2.28. The van der Waals surface area contributed by atoms with Crippen LogP contribution in [-0.4, -0.2) is 39.7 Å². The van der Waals surface area contributed by atoms with Gasteiger partial charge in [-0.2, -0.15) is 0 Å². The van der Waals surface area contributed by atoms with Crippen LogP contribution in [0.25, 0.3) is 11.0 Å². The number of pyridine rings is 1. The maximum atomic E-state index is 12.4. The maximum Gasteiger partial charge on any atom is 0.410 e. The van der Waals surface area contributed by atoms with Crippen LogP contribution in [0.3, 0.4) is 0 Å². The van der Waals surface area contributed by atoms with Gasteiger partial charge in [0.2, 0.25) is 0 Å². The fourth-order valence-electron chi connectivity index (χ4n) is 3.57. The predicted molar refractivity (Wildman–Crippen MR) is 85.0 cm³/mol. The number of ether oxygens (including phenoxy) is 2. The zero-order valence-corrected chi connectivity index (χ0v) is 13.7. The summed E-state index contributed by atoms with van der Waals surface area (Å²) in [5.41, 5.74) is 2.23. The Kier molecular flexibility index (Phi) is 2.97. The van der Waals surface area contributed by atoms with Gasteiger partial charge in [-0.05, 0) is 26.8 Å². The number of aromatic amines is 1. The second-order valence-corrected chi connectivity index (χ2v) is 7.33. The normalized spacial score (nSPS) is 23.7. The van der Waals surface area contributed by atoms with Gasteiger partial charge in [-0.15, -0.1) is 0 Å². The molecule has 4 rings (SSSR count). The topological polar surface area (TPSA) is 67.4 Å². The second kappa shape index (κ2) is 4.71. The van der Waals surface area contributed by atoms with E-state index >= 15 is 0 Å². The molecular formula is C17H21N3O3. The lowest BCUT2D eigenvalue weighted by Gasteiger charge is -2.27. The van der Waals surface area contributed by atoms with E-state index in [1.807, 2.05) is 39.2 Å². The Morgan fingerprint density at radius 1 is 1.48 bits per heavy atom. The van der Waals surface area contributed by atoms with Crippen LogP contribution in [0.15, 0.2) is 18.5 Å². The molecule has 0 bridgehead atoms. The molecule has 122 valence electrons. The summed E-state index contributed by atoms with van der Waals surface area (Å²) in [6.07, 6.45) is 4.28. The Hall–Kier alpha value is -2.08. The van der Waals surface area contributed by atoms with Gasteiger partial charge >= 0.3 is 6.09 Å². The molecule has 1 saturated heterocycles. The highest BCUT2D eigenvalue weighted by molar-refractivity contribution is 5.82. The van der Waals surface area contributed by atoms with Crippen LogP contribution in [0.2, 0.25) is 0 Å². The number of hydrogen-bond donors (Lipinski definition) is 1. The maximum absolute atomic E-state index is 12.4. The Labute approximate surface area is 134 Å². The number of hydrogen-bond acceptors (Lipinski definition) is 4. The highest BCUT2D eigenvalue weighted by Gasteiger charge is 2.48. The third-order valence-corrected chi connectivity index (χ3v) is 4.51. The van der Waals surface area contributed by atoms with Crippen molar-refractivity contribution < 1.29 is 14.3 Å². The molecule has 6 heteroatoms. The molecular weight excluding hydrogens is 294 g/mol. The van der Waals surface area contributed by atoms with E-state index in [0.29, 0.717) is 19.7 Å². The van der Waals surface area contributed by atoms with Gasteiger partial charge < -0.3 is 19.4 Å². The largest absolute Gasteiger partial charge is 0.444 e. The van der Waals surface area contributed by atoms with Crippen molar-refractivity contribution in [1.29, 1.82) is 0 Å². The summed E-state index contributed by atoms with van der Waals surface area (Å²) in [5, 5.41) is 1.09. The number of carbonyl (C=O) groups is 1. The molecule has 0 aromatic carbocycles. The van der Waals surface area contributed by atoms with E-state index in [1.165, 1.54) is 5.56 Å². The van der Waals surface area contributed by atoms with Crippen LogP contribution in [0.4, 0.5) is 4.79 Å². The lowest BCUT2D eigenvalue weighted by molar-refractivity contribution is -0.0320. The van der Waals surface area contributed by atoms with Crippen molar-refractivity contribution in [2.75, 3.05) is 13.1 Å². The smallest absolute Gasteiger partial charge is 0.410 e. The number of rotatable bonds is 0. The molecule has 2 aliphatic rings. The molecule has 1 spiro atoms. The lowest BCUT2D eigenvalue weighted by atomic mass is 9.90. The van der Waals surface area contributed by atoms with Gasteiger partial charge in [0.15, 0.2) is 0 Å². The summed E-state index contributed by atoms with van der Waals surface area (Å²) in [4.78, 5) is 21.7. The molecule has 2 aromatic rings. The highest BCUT2D eigenvalue weighted by atomic mass is 16.6. The minimum atomic E-state index is -0.487. The van der Waals surface area contributed by atoms with Gasteiger partial charge in [0, 0.05) is 41.9 Å². The monoisotopic (exact) mass is 315 g/mol. The fourth-order valence-corrected chi connectivity index (χ4v) is 3.57. The Balaban J connectivity index is 1.66. The van der Waals surface area contributed by atoms with Crippen LogP contribution in [0, 0.1) is 0 Å². The minimum absolute atomic E-state index is 0.272. The molecule has 1 fully saturated rings. The van der Waals surface area contributed by atoms with Gasteiger partial charge in [-0.1, -0.05) is 0 Å². The van der Waals surface area contributed by atoms with Gasteiger partial charge in [-0.3, -0.25) is 0 Å². The molecule has 1 N–H and O–H groups in total. The van der Waals surface area contributed by atoms with Crippen LogP contribution >= 0.6 is 0 Å². The number of aromatic nitrogens is 2. The molecule has 0 saturated carbocycles. The number of likely N-dealkylation sites (tertiary alicyclic amines) is 1. The quantitative estimate of drug-likeness (QED) is 0.811. The molecule has 0 aliphatic carbocycles. The standard InChI is InChI=1S/C17H21N3O3/c1-16(2,3)23-15(21)20-7-5-17(10-20)13-11(9-22-17)8-19-14-12(13)4-6-18-14/h4,6,8H,5,7,9-10H2,1-3H3,(H,18,19). The van der Waals surface area contributed by atoms with Gasteiger partial charge in [0.05, 0.1) is 13.2 Å². The lowest BCUT2D eigenvalue weighted by Crippen LogP contribution is -2.38. The fraction of sp³-hybridized carbons (Fsp3) is 0.529. The van der Waals surface area contributed by atoms with E-state index in [-0.39, 0.29) is 6.09 Å². The second-order valence-electron chi connectivity index (χ2n) is 7.33. The first-order valence-electron chi connectivity index (χ1n) is 7.95. The number of nitrogens with one attached hydrogen (secondary N) is 1. The Bertz CT molecular complexity index is 777. The van der Waals surface area contributed by atoms with Crippen molar-refractivity contribution in [3.8, 4) is 0 Å². The molecule has 4 heterocycles. The number of nitrogens with zero attached hydrogens (tertiary/aromatic N) is 2. The zero-order chi connectivity index (χ0) is 16.2. The SMILES string of the molecule is CC(C)(C)OC(=O)N1CCC2(C1)OCc1cnc3[nH]ccc3c12. The van der Waals surface area contributed by atoms with Crippen molar-refractivity contribution in [1.82, 2.24) is 14.9 Å². The predicted octanol–water partition coefficient (Wildman–Crippen LogP) is 2.93. The van der Waals surface area contributed by atoms with Gasteiger partial charge in [0.25, 0.3) is 0 Å². The van der Waals surface area contributed by atoms with Crippen molar-refractivity contribution in [3.05, 3.63) is 29.6 Å². The van der Waals surface area contributed by atoms with Crippen LogP contribution < -0.4 is 0 Å². The first-order valence-corrected chi connectivity index (χ1v) is 7.95. The minimum Gasteiger partial charge on any atom is -0.444 e. The summed E-state index contributed by atoms with van der Waals surface area (Å²) < 4.78 is 11.7. The third-order valence-electron chi connectivity index (χ3n) is 4.51.